The number of aryl methyl sites for hydroxylation is 1. The molecule has 7 heteroatoms. The average molecular weight is 316 g/mol. The minimum atomic E-state index is -0.984. The van der Waals surface area contributed by atoms with E-state index in [0.717, 1.165) is 16.5 Å². The van der Waals surface area contributed by atoms with Crippen LogP contribution in [0.2, 0.25) is 0 Å². The molecule has 1 amide bonds. The summed E-state index contributed by atoms with van der Waals surface area (Å²) < 4.78 is 4.64. The summed E-state index contributed by atoms with van der Waals surface area (Å²) in [5, 5.41) is 5.75. The van der Waals surface area contributed by atoms with Gasteiger partial charge in [-0.2, -0.15) is 11.8 Å². The van der Waals surface area contributed by atoms with Crippen molar-refractivity contribution in [2.45, 2.75) is 38.5 Å². The van der Waals surface area contributed by atoms with Gasteiger partial charge >= 0.3 is 5.97 Å². The molecular weight excluding hydrogens is 296 g/mol. The number of nitrogens with zero attached hydrogens (tertiary/aromatic N) is 1. The van der Waals surface area contributed by atoms with Crippen LogP contribution in [0.25, 0.3) is 0 Å². The highest BCUT2D eigenvalue weighted by Gasteiger charge is 2.30. The number of carbonyl (C=O) groups excluding carboxylic acids is 2. The first-order chi connectivity index (χ1) is 9.35. The molecule has 0 fully saturated rings. The summed E-state index contributed by atoms with van der Waals surface area (Å²) in [5.74, 6) is 0.899. The lowest BCUT2D eigenvalue weighted by Crippen LogP contribution is -2.50. The number of methoxy groups -OCH3 is 1. The van der Waals surface area contributed by atoms with Gasteiger partial charge in [-0.15, -0.1) is 11.3 Å². The molecule has 5 nitrogen and oxygen atoms in total. The van der Waals surface area contributed by atoms with Crippen molar-refractivity contribution >= 4 is 35.0 Å². The number of thioether (sulfide) groups is 1. The third-order valence-electron chi connectivity index (χ3n) is 2.54. The number of ether oxygens (including phenoxy) is 1. The zero-order valence-corrected chi connectivity index (χ0v) is 13.8. The molecular formula is C13H20N2O3S2. The van der Waals surface area contributed by atoms with E-state index in [9.17, 15) is 9.59 Å². The third-order valence-corrected chi connectivity index (χ3v) is 4.35. The molecule has 0 aliphatic carbocycles. The quantitative estimate of drug-likeness (QED) is 0.616. The van der Waals surface area contributed by atoms with Crippen LogP contribution >= 0.6 is 23.1 Å². The van der Waals surface area contributed by atoms with Crippen LogP contribution in [0.5, 0.6) is 0 Å². The zero-order chi connectivity index (χ0) is 15.2. The van der Waals surface area contributed by atoms with Crippen molar-refractivity contribution in [2.24, 2.45) is 0 Å². The van der Waals surface area contributed by atoms with E-state index in [1.807, 2.05) is 12.3 Å². The summed E-state index contributed by atoms with van der Waals surface area (Å²) in [6.07, 6.45) is 0.369. The van der Waals surface area contributed by atoms with E-state index < -0.39 is 11.5 Å². The van der Waals surface area contributed by atoms with Crippen LogP contribution in [0.1, 0.15) is 31.0 Å². The second kappa shape index (κ2) is 7.64. The van der Waals surface area contributed by atoms with Crippen LogP contribution in [-0.2, 0) is 20.1 Å². The monoisotopic (exact) mass is 316 g/mol. The fraction of sp³-hybridized carbons (Fsp3) is 0.615. The Morgan fingerprint density at radius 2 is 2.20 bits per heavy atom. The number of nitrogens with one attached hydrogen (secondary N) is 1. The molecule has 1 N–H and O–H groups in total. The van der Waals surface area contributed by atoms with Gasteiger partial charge in [0.2, 0.25) is 5.91 Å². The molecule has 0 spiro atoms. The highest BCUT2D eigenvalue weighted by molar-refractivity contribution is 7.98. The highest BCUT2D eigenvalue weighted by atomic mass is 32.2. The van der Waals surface area contributed by atoms with Crippen LogP contribution in [0.4, 0.5) is 0 Å². The predicted molar refractivity (Wildman–Crippen MR) is 81.9 cm³/mol. The van der Waals surface area contributed by atoms with Gasteiger partial charge in [0.15, 0.2) is 0 Å². The van der Waals surface area contributed by atoms with Crippen molar-refractivity contribution in [2.75, 3.05) is 12.9 Å². The number of amides is 1. The number of hydrogen-bond donors (Lipinski definition) is 1. The standard InChI is InChI=1S/C13H20N2O3S2/c1-9-14-10(8-20-9)7-19-6-5-11(16)15-13(2,3)12(17)18-4/h8H,5-7H2,1-4H3,(H,15,16). The van der Waals surface area contributed by atoms with Gasteiger partial charge < -0.3 is 10.1 Å². The maximum Gasteiger partial charge on any atom is 0.330 e. The molecule has 0 aromatic carbocycles. The van der Waals surface area contributed by atoms with Crippen molar-refractivity contribution in [1.82, 2.24) is 10.3 Å². The Bertz CT molecular complexity index is 472. The Hall–Kier alpha value is -1.08. The van der Waals surface area contributed by atoms with Gasteiger partial charge in [0.25, 0.3) is 0 Å². The maximum absolute atomic E-state index is 11.7. The van der Waals surface area contributed by atoms with E-state index in [1.165, 1.54) is 7.11 Å². The molecule has 1 aromatic rings. The van der Waals surface area contributed by atoms with E-state index in [1.54, 1.807) is 36.9 Å². The van der Waals surface area contributed by atoms with Crippen molar-refractivity contribution in [3.05, 3.63) is 16.1 Å². The van der Waals surface area contributed by atoms with Gasteiger partial charge in [0.05, 0.1) is 17.8 Å². The maximum atomic E-state index is 11.7. The van der Waals surface area contributed by atoms with E-state index in [0.29, 0.717) is 12.2 Å². The van der Waals surface area contributed by atoms with Crippen LogP contribution < -0.4 is 5.32 Å². The number of aromatic nitrogens is 1. The molecule has 1 heterocycles. The first kappa shape index (κ1) is 17.0. The van der Waals surface area contributed by atoms with Gasteiger partial charge in [-0.25, -0.2) is 9.78 Å². The van der Waals surface area contributed by atoms with Crippen molar-refractivity contribution in [1.29, 1.82) is 0 Å². The SMILES string of the molecule is COC(=O)C(C)(C)NC(=O)CCSCc1csc(C)n1. The van der Waals surface area contributed by atoms with Crippen LogP contribution in [0.3, 0.4) is 0 Å². The molecule has 1 rings (SSSR count). The number of thiazole rings is 1. The Labute approximate surface area is 127 Å². The van der Waals surface area contributed by atoms with Crippen molar-refractivity contribution in [3.63, 3.8) is 0 Å². The fourth-order valence-electron chi connectivity index (χ4n) is 1.53. The van der Waals surface area contributed by atoms with Gasteiger partial charge in [0, 0.05) is 23.3 Å². The number of rotatable bonds is 7. The molecule has 0 bridgehead atoms. The van der Waals surface area contributed by atoms with Gasteiger partial charge in [-0.3, -0.25) is 4.79 Å². The summed E-state index contributed by atoms with van der Waals surface area (Å²) in [6, 6.07) is 0. The Morgan fingerprint density at radius 3 is 2.75 bits per heavy atom. The number of esters is 1. The molecule has 0 radical (unpaired) electrons. The molecule has 112 valence electrons. The third kappa shape index (κ3) is 5.50. The highest BCUT2D eigenvalue weighted by Crippen LogP contribution is 2.16. The average Bonchev–Trinajstić information content (AvgIpc) is 2.79. The number of carbonyl (C=O) groups is 2. The molecule has 0 unspecified atom stereocenters. The normalized spacial score (nSPS) is 11.2. The molecule has 20 heavy (non-hydrogen) atoms. The molecule has 0 saturated heterocycles. The Balaban J connectivity index is 2.25. The number of hydrogen-bond acceptors (Lipinski definition) is 6. The minimum Gasteiger partial charge on any atom is -0.467 e. The van der Waals surface area contributed by atoms with Crippen molar-refractivity contribution < 1.29 is 14.3 Å². The van der Waals surface area contributed by atoms with Crippen LogP contribution in [0.15, 0.2) is 5.38 Å². The molecule has 0 aliphatic heterocycles. The topological polar surface area (TPSA) is 68.3 Å². The second-order valence-electron chi connectivity index (χ2n) is 4.83. The summed E-state index contributed by atoms with van der Waals surface area (Å²) in [7, 11) is 1.31. The molecule has 0 saturated carbocycles. The van der Waals surface area contributed by atoms with Gasteiger partial charge in [-0.1, -0.05) is 0 Å². The summed E-state index contributed by atoms with van der Waals surface area (Å²) in [6.45, 7) is 5.23. The molecule has 0 aliphatic rings. The molecule has 0 atom stereocenters. The summed E-state index contributed by atoms with van der Waals surface area (Å²) in [5.41, 5.74) is 0.0653. The lowest BCUT2D eigenvalue weighted by molar-refractivity contribution is -0.149. The van der Waals surface area contributed by atoms with Gasteiger partial charge in [-0.05, 0) is 20.8 Å². The molecule has 1 aromatic heterocycles. The second-order valence-corrected chi connectivity index (χ2v) is 6.99. The smallest absolute Gasteiger partial charge is 0.330 e. The zero-order valence-electron chi connectivity index (χ0n) is 12.2. The summed E-state index contributed by atoms with van der Waals surface area (Å²) in [4.78, 5) is 27.5. The largest absolute Gasteiger partial charge is 0.467 e. The van der Waals surface area contributed by atoms with Crippen LogP contribution in [0, 0.1) is 6.92 Å². The lowest BCUT2D eigenvalue weighted by Gasteiger charge is -2.22. The Kier molecular flexibility index (Phi) is 6.48. The Morgan fingerprint density at radius 1 is 1.50 bits per heavy atom. The fourth-order valence-corrected chi connectivity index (χ4v) is 3.08. The first-order valence-corrected chi connectivity index (χ1v) is 8.27. The van der Waals surface area contributed by atoms with E-state index in [2.05, 4.69) is 15.0 Å². The van der Waals surface area contributed by atoms with E-state index >= 15 is 0 Å². The first-order valence-electron chi connectivity index (χ1n) is 6.23. The summed E-state index contributed by atoms with van der Waals surface area (Å²) >= 11 is 3.28. The van der Waals surface area contributed by atoms with E-state index in [-0.39, 0.29) is 5.91 Å². The van der Waals surface area contributed by atoms with Crippen molar-refractivity contribution in [3.8, 4) is 0 Å². The lowest BCUT2D eigenvalue weighted by atomic mass is 10.1. The minimum absolute atomic E-state index is 0.151. The predicted octanol–water partition coefficient (Wildman–Crippen LogP) is 2.14. The van der Waals surface area contributed by atoms with E-state index in [4.69, 9.17) is 0 Å². The van der Waals surface area contributed by atoms with Gasteiger partial charge in [0.1, 0.15) is 5.54 Å². The van der Waals surface area contributed by atoms with Crippen LogP contribution in [-0.4, -0.2) is 35.3 Å².